The van der Waals surface area contributed by atoms with Crippen LogP contribution < -0.4 is 10.5 Å². The van der Waals surface area contributed by atoms with E-state index in [0.29, 0.717) is 5.25 Å². The maximum absolute atomic E-state index is 6.16. The number of hydrogen-bond acceptors (Lipinski definition) is 4. The quantitative estimate of drug-likeness (QED) is 0.760. The van der Waals surface area contributed by atoms with Crippen molar-refractivity contribution in [2.24, 2.45) is 5.73 Å². The van der Waals surface area contributed by atoms with E-state index in [0.717, 1.165) is 31.1 Å². The van der Waals surface area contributed by atoms with Crippen molar-refractivity contribution in [3.05, 3.63) is 29.8 Å². The topological polar surface area (TPSA) is 38.5 Å². The Balaban J connectivity index is 2.59. The highest BCUT2D eigenvalue weighted by Gasteiger charge is 2.17. The third kappa shape index (κ3) is 5.35. The van der Waals surface area contributed by atoms with Crippen molar-refractivity contribution in [2.75, 3.05) is 32.5 Å². The van der Waals surface area contributed by atoms with Crippen LogP contribution in [0.25, 0.3) is 0 Å². The monoisotopic (exact) mass is 296 g/mol. The molecule has 20 heavy (non-hydrogen) atoms. The molecule has 0 bridgehead atoms. The van der Waals surface area contributed by atoms with Gasteiger partial charge in [-0.25, -0.2) is 0 Å². The summed E-state index contributed by atoms with van der Waals surface area (Å²) in [6, 6.07) is 8.41. The summed E-state index contributed by atoms with van der Waals surface area (Å²) in [7, 11) is 1.69. The van der Waals surface area contributed by atoms with Gasteiger partial charge in [-0.15, -0.1) is 0 Å². The normalized spacial score (nSPS) is 14.3. The minimum absolute atomic E-state index is 0.144. The minimum Gasteiger partial charge on any atom is -0.497 e. The maximum atomic E-state index is 6.16. The van der Waals surface area contributed by atoms with Crippen molar-refractivity contribution in [1.82, 2.24) is 4.90 Å². The first-order valence-electron chi connectivity index (χ1n) is 7.35. The van der Waals surface area contributed by atoms with Crippen LogP contribution >= 0.6 is 11.8 Å². The van der Waals surface area contributed by atoms with Crippen molar-refractivity contribution in [2.45, 2.75) is 32.1 Å². The van der Waals surface area contributed by atoms with Crippen molar-refractivity contribution in [3.8, 4) is 5.75 Å². The number of methoxy groups -OCH3 is 1. The Bertz CT molecular complexity index is 363. The Morgan fingerprint density at radius 1 is 1.20 bits per heavy atom. The summed E-state index contributed by atoms with van der Waals surface area (Å²) in [4.78, 5) is 2.44. The standard InChI is InChI=1S/C16H28N2OS/c1-5-18(6-2)11-12-20-16(13(3)17)14-7-9-15(19-4)10-8-14/h7-10,13,16H,5-6,11-12,17H2,1-4H3. The summed E-state index contributed by atoms with van der Waals surface area (Å²) in [5.74, 6) is 2.00. The Kier molecular flexibility index (Phi) is 8.04. The van der Waals surface area contributed by atoms with Crippen LogP contribution in [-0.2, 0) is 0 Å². The van der Waals surface area contributed by atoms with E-state index in [-0.39, 0.29) is 6.04 Å². The maximum Gasteiger partial charge on any atom is 0.118 e. The second kappa shape index (κ2) is 9.27. The first-order valence-corrected chi connectivity index (χ1v) is 8.40. The second-order valence-corrected chi connectivity index (χ2v) is 6.20. The summed E-state index contributed by atoms with van der Waals surface area (Å²) < 4.78 is 5.21. The molecule has 3 nitrogen and oxygen atoms in total. The van der Waals surface area contributed by atoms with Gasteiger partial charge in [-0.1, -0.05) is 26.0 Å². The molecule has 0 amide bonds. The number of ether oxygens (including phenoxy) is 1. The summed E-state index contributed by atoms with van der Waals surface area (Å²) >= 11 is 1.95. The van der Waals surface area contributed by atoms with E-state index in [4.69, 9.17) is 10.5 Å². The van der Waals surface area contributed by atoms with Gasteiger partial charge in [0.2, 0.25) is 0 Å². The smallest absolute Gasteiger partial charge is 0.118 e. The zero-order chi connectivity index (χ0) is 15.0. The van der Waals surface area contributed by atoms with E-state index in [1.807, 2.05) is 23.9 Å². The molecule has 0 aliphatic carbocycles. The minimum atomic E-state index is 0.144. The average Bonchev–Trinajstić information content (AvgIpc) is 2.47. The number of thioether (sulfide) groups is 1. The SMILES string of the molecule is CCN(CC)CCSC(c1ccc(OC)cc1)C(C)N. The first-order chi connectivity index (χ1) is 9.62. The fourth-order valence-corrected chi connectivity index (χ4v) is 3.46. The fourth-order valence-electron chi connectivity index (χ4n) is 2.19. The molecule has 1 rings (SSSR count). The highest BCUT2D eigenvalue weighted by atomic mass is 32.2. The largest absolute Gasteiger partial charge is 0.497 e. The summed E-state index contributed by atoms with van der Waals surface area (Å²) in [5.41, 5.74) is 7.44. The van der Waals surface area contributed by atoms with Crippen LogP contribution in [0.4, 0.5) is 0 Å². The fraction of sp³-hybridized carbons (Fsp3) is 0.625. The molecule has 0 spiro atoms. The molecule has 0 aliphatic heterocycles. The molecule has 0 aromatic heterocycles. The summed E-state index contributed by atoms with van der Waals surface area (Å²) in [5, 5.41) is 0.344. The average molecular weight is 296 g/mol. The van der Waals surface area contributed by atoms with Gasteiger partial charge in [0.25, 0.3) is 0 Å². The van der Waals surface area contributed by atoms with Crippen LogP contribution in [0.5, 0.6) is 5.75 Å². The van der Waals surface area contributed by atoms with Crippen molar-refractivity contribution >= 4 is 11.8 Å². The number of nitrogens with zero attached hydrogens (tertiary/aromatic N) is 1. The lowest BCUT2D eigenvalue weighted by Crippen LogP contribution is -2.27. The van der Waals surface area contributed by atoms with Gasteiger partial charge in [-0.3, -0.25) is 0 Å². The van der Waals surface area contributed by atoms with E-state index >= 15 is 0 Å². The van der Waals surface area contributed by atoms with E-state index in [9.17, 15) is 0 Å². The van der Waals surface area contributed by atoms with Gasteiger partial charge in [0.05, 0.1) is 7.11 Å². The summed E-state index contributed by atoms with van der Waals surface area (Å²) in [6.45, 7) is 9.85. The number of rotatable bonds is 9. The number of benzene rings is 1. The molecule has 0 heterocycles. The van der Waals surface area contributed by atoms with Gasteiger partial charge in [0.15, 0.2) is 0 Å². The van der Waals surface area contributed by atoms with Crippen LogP contribution in [0.15, 0.2) is 24.3 Å². The third-order valence-corrected chi connectivity index (χ3v) is 5.00. The Labute approximate surface area is 127 Å². The second-order valence-electron chi connectivity index (χ2n) is 4.95. The van der Waals surface area contributed by atoms with E-state index in [1.165, 1.54) is 5.56 Å². The van der Waals surface area contributed by atoms with E-state index in [2.05, 4.69) is 37.8 Å². The molecule has 1 aromatic rings. The molecule has 2 atom stereocenters. The molecule has 0 radical (unpaired) electrons. The van der Waals surface area contributed by atoms with Gasteiger partial charge in [-0.05, 0) is 37.7 Å². The van der Waals surface area contributed by atoms with Crippen LogP contribution in [0.1, 0.15) is 31.6 Å². The van der Waals surface area contributed by atoms with Crippen molar-refractivity contribution < 1.29 is 4.74 Å². The highest BCUT2D eigenvalue weighted by Crippen LogP contribution is 2.32. The Morgan fingerprint density at radius 3 is 2.25 bits per heavy atom. The van der Waals surface area contributed by atoms with Gasteiger partial charge < -0.3 is 15.4 Å². The predicted octanol–water partition coefficient (Wildman–Crippen LogP) is 3.16. The zero-order valence-corrected chi connectivity index (χ0v) is 14.0. The molecular formula is C16H28N2OS. The molecule has 114 valence electrons. The molecule has 4 heteroatoms. The number of hydrogen-bond donors (Lipinski definition) is 1. The lowest BCUT2D eigenvalue weighted by molar-refractivity contribution is 0.323. The molecule has 0 aliphatic rings. The molecular weight excluding hydrogens is 268 g/mol. The van der Waals surface area contributed by atoms with Gasteiger partial charge in [0.1, 0.15) is 5.75 Å². The van der Waals surface area contributed by atoms with Crippen LogP contribution in [0.2, 0.25) is 0 Å². The van der Waals surface area contributed by atoms with Crippen molar-refractivity contribution in [3.63, 3.8) is 0 Å². The molecule has 2 N–H and O–H groups in total. The Hall–Kier alpha value is -0.710. The van der Waals surface area contributed by atoms with Crippen LogP contribution in [0.3, 0.4) is 0 Å². The molecule has 0 saturated carbocycles. The lowest BCUT2D eigenvalue weighted by atomic mass is 10.1. The molecule has 0 fully saturated rings. The molecule has 0 saturated heterocycles. The molecule has 2 unspecified atom stereocenters. The van der Waals surface area contributed by atoms with E-state index in [1.54, 1.807) is 7.11 Å². The first kappa shape index (κ1) is 17.3. The van der Waals surface area contributed by atoms with Gasteiger partial charge in [0, 0.05) is 23.6 Å². The van der Waals surface area contributed by atoms with Gasteiger partial charge >= 0.3 is 0 Å². The Morgan fingerprint density at radius 2 is 1.80 bits per heavy atom. The number of nitrogens with two attached hydrogens (primary N) is 1. The van der Waals surface area contributed by atoms with E-state index < -0.39 is 0 Å². The third-order valence-electron chi connectivity index (χ3n) is 3.52. The summed E-state index contributed by atoms with van der Waals surface area (Å²) in [6.07, 6.45) is 0. The van der Waals surface area contributed by atoms with Crippen LogP contribution in [0, 0.1) is 0 Å². The van der Waals surface area contributed by atoms with Crippen molar-refractivity contribution in [1.29, 1.82) is 0 Å². The van der Waals surface area contributed by atoms with Gasteiger partial charge in [-0.2, -0.15) is 11.8 Å². The lowest BCUT2D eigenvalue weighted by Gasteiger charge is -2.23. The van der Waals surface area contributed by atoms with Crippen LogP contribution in [-0.4, -0.2) is 43.4 Å². The predicted molar refractivity (Wildman–Crippen MR) is 89.6 cm³/mol. The zero-order valence-electron chi connectivity index (χ0n) is 13.1. The molecule has 1 aromatic carbocycles. The highest BCUT2D eigenvalue weighted by molar-refractivity contribution is 7.99.